The van der Waals surface area contributed by atoms with Crippen LogP contribution in [0, 0.1) is 21.4 Å². The van der Waals surface area contributed by atoms with E-state index in [1.165, 1.54) is 17.8 Å². The topological polar surface area (TPSA) is 93.0 Å². The molecule has 0 spiro atoms. The summed E-state index contributed by atoms with van der Waals surface area (Å²) in [5.74, 6) is 0.0968. The Labute approximate surface area is 87.6 Å². The summed E-state index contributed by atoms with van der Waals surface area (Å²) in [5.41, 5.74) is 0.353. The van der Waals surface area contributed by atoms with Gasteiger partial charge in [0.25, 0.3) is 0 Å². The lowest BCUT2D eigenvalue weighted by Crippen LogP contribution is -1.88. The van der Waals surface area contributed by atoms with Crippen molar-refractivity contribution in [1.29, 1.82) is 5.26 Å². The van der Waals surface area contributed by atoms with Crippen LogP contribution in [0.25, 0.3) is 11.5 Å². The van der Waals surface area contributed by atoms with Gasteiger partial charge in [0.1, 0.15) is 17.9 Å². The van der Waals surface area contributed by atoms with Gasteiger partial charge in [-0.3, -0.25) is 10.1 Å². The van der Waals surface area contributed by atoms with E-state index in [1.54, 1.807) is 0 Å². The summed E-state index contributed by atoms with van der Waals surface area (Å²) in [6.45, 7) is 0. The van der Waals surface area contributed by atoms with Crippen LogP contribution in [0.4, 0.5) is 5.00 Å². The minimum atomic E-state index is -0.551. The minimum absolute atomic E-state index is 0.0968. The van der Waals surface area contributed by atoms with Crippen molar-refractivity contribution in [3.05, 3.63) is 33.5 Å². The van der Waals surface area contributed by atoms with Crippen LogP contribution in [0.2, 0.25) is 0 Å². The first-order chi connectivity index (χ1) is 7.24. The molecule has 0 radical (unpaired) electrons. The van der Waals surface area contributed by atoms with Crippen molar-refractivity contribution in [1.82, 2.24) is 4.98 Å². The minimum Gasteiger partial charge on any atom is -0.444 e. The number of aromatic nitrogens is 1. The maximum atomic E-state index is 10.7. The van der Waals surface area contributed by atoms with Gasteiger partial charge < -0.3 is 4.42 Å². The smallest absolute Gasteiger partial charge is 0.338 e. The molecule has 0 unspecified atom stereocenters. The fourth-order valence-electron chi connectivity index (χ4n) is 1.12. The highest BCUT2D eigenvalue weighted by atomic mass is 32.1. The van der Waals surface area contributed by atoms with Crippen LogP contribution in [0.3, 0.4) is 0 Å². The first-order valence-corrected chi connectivity index (χ1v) is 4.68. The van der Waals surface area contributed by atoms with Crippen molar-refractivity contribution in [2.24, 2.45) is 0 Å². The van der Waals surface area contributed by atoms with Crippen LogP contribution in [0.5, 0.6) is 0 Å². The van der Waals surface area contributed by atoms with E-state index in [1.807, 2.05) is 6.07 Å². The Morgan fingerprint density at radius 2 is 2.47 bits per heavy atom. The predicted molar refractivity (Wildman–Crippen MR) is 51.2 cm³/mol. The molecule has 0 saturated heterocycles. The summed E-state index contributed by atoms with van der Waals surface area (Å²) in [6.07, 6.45) is 2.68. The standard InChI is InChI=1S/C8H3N3O3S/c9-3-5-4-15-8(11(12)13)6(5)7-10-1-2-14-7/h1-2,4H. The molecular weight excluding hydrogens is 218 g/mol. The van der Waals surface area contributed by atoms with Crippen LogP contribution in [0.1, 0.15) is 5.56 Å². The zero-order valence-electron chi connectivity index (χ0n) is 7.21. The third-order valence-electron chi connectivity index (χ3n) is 1.70. The number of nitrogens with zero attached hydrogens (tertiary/aromatic N) is 3. The summed E-state index contributed by atoms with van der Waals surface area (Å²) in [4.78, 5) is 13.9. The second kappa shape index (κ2) is 3.51. The first kappa shape index (κ1) is 9.36. The molecule has 2 heterocycles. The molecule has 0 N–H and O–H groups in total. The largest absolute Gasteiger partial charge is 0.444 e. The third kappa shape index (κ3) is 1.47. The molecule has 0 aliphatic carbocycles. The lowest BCUT2D eigenvalue weighted by Gasteiger charge is -1.91. The van der Waals surface area contributed by atoms with E-state index in [0.29, 0.717) is 0 Å². The van der Waals surface area contributed by atoms with E-state index in [0.717, 1.165) is 11.3 Å². The molecule has 0 aromatic carbocycles. The number of hydrogen-bond donors (Lipinski definition) is 0. The number of nitriles is 1. The van der Waals surface area contributed by atoms with Gasteiger partial charge in [-0.1, -0.05) is 11.3 Å². The molecule has 0 aliphatic heterocycles. The van der Waals surface area contributed by atoms with Crippen LogP contribution < -0.4 is 0 Å². The quantitative estimate of drug-likeness (QED) is 0.572. The van der Waals surface area contributed by atoms with Crippen molar-refractivity contribution in [2.75, 3.05) is 0 Å². The maximum Gasteiger partial charge on any atom is 0.338 e. The molecular formula is C8H3N3O3S. The fraction of sp³-hybridized carbons (Fsp3) is 0. The van der Waals surface area contributed by atoms with Gasteiger partial charge in [-0.25, -0.2) is 4.98 Å². The molecule has 7 heteroatoms. The van der Waals surface area contributed by atoms with Crippen LogP contribution in [0.15, 0.2) is 22.3 Å². The summed E-state index contributed by atoms with van der Waals surface area (Å²) >= 11 is 0.886. The second-order valence-corrected chi connectivity index (χ2v) is 3.39. The van der Waals surface area contributed by atoms with E-state index in [4.69, 9.17) is 9.68 Å². The lowest BCUT2D eigenvalue weighted by molar-refractivity contribution is -0.379. The molecule has 0 atom stereocenters. The number of rotatable bonds is 2. The van der Waals surface area contributed by atoms with Crippen molar-refractivity contribution in [3.8, 4) is 17.5 Å². The third-order valence-corrected chi connectivity index (χ3v) is 2.63. The maximum absolute atomic E-state index is 10.7. The van der Waals surface area contributed by atoms with E-state index >= 15 is 0 Å². The van der Waals surface area contributed by atoms with Gasteiger partial charge >= 0.3 is 5.00 Å². The number of thiophene rings is 1. The van der Waals surface area contributed by atoms with Crippen LogP contribution >= 0.6 is 11.3 Å². The highest BCUT2D eigenvalue weighted by Gasteiger charge is 2.25. The number of hydrogen-bond acceptors (Lipinski definition) is 6. The van der Waals surface area contributed by atoms with Gasteiger partial charge in [-0.05, 0) is 0 Å². The summed E-state index contributed by atoms with van der Waals surface area (Å²) in [5, 5.41) is 20.7. The normalized spacial score (nSPS) is 9.80. The van der Waals surface area contributed by atoms with Crippen molar-refractivity contribution < 1.29 is 9.34 Å². The fourth-order valence-corrected chi connectivity index (χ4v) is 1.92. The molecule has 2 rings (SSSR count). The molecule has 0 fully saturated rings. The van der Waals surface area contributed by atoms with Crippen LogP contribution in [-0.2, 0) is 0 Å². The summed E-state index contributed by atoms with van der Waals surface area (Å²) in [7, 11) is 0. The number of oxazole rings is 1. The monoisotopic (exact) mass is 221 g/mol. The van der Waals surface area contributed by atoms with E-state index in [-0.39, 0.29) is 22.0 Å². The Hall–Kier alpha value is -2.20. The van der Waals surface area contributed by atoms with Gasteiger partial charge in [0.2, 0.25) is 5.89 Å². The Morgan fingerprint density at radius 3 is 3.00 bits per heavy atom. The Kier molecular flexibility index (Phi) is 2.19. The van der Waals surface area contributed by atoms with E-state index < -0.39 is 4.92 Å². The Morgan fingerprint density at radius 1 is 1.67 bits per heavy atom. The molecule has 2 aromatic heterocycles. The highest BCUT2D eigenvalue weighted by molar-refractivity contribution is 7.14. The Bertz CT molecular complexity index is 538. The predicted octanol–water partition coefficient (Wildman–Crippen LogP) is 2.18. The zero-order chi connectivity index (χ0) is 10.8. The summed E-state index contributed by atoms with van der Waals surface area (Å²) < 4.78 is 4.95. The first-order valence-electron chi connectivity index (χ1n) is 3.80. The lowest BCUT2D eigenvalue weighted by atomic mass is 10.2. The van der Waals surface area contributed by atoms with Crippen LogP contribution in [-0.4, -0.2) is 9.91 Å². The molecule has 74 valence electrons. The molecule has 0 saturated carbocycles. The summed E-state index contributed by atoms with van der Waals surface area (Å²) in [6, 6.07) is 1.87. The second-order valence-electron chi connectivity index (χ2n) is 2.54. The zero-order valence-corrected chi connectivity index (χ0v) is 8.02. The van der Waals surface area contributed by atoms with Gasteiger partial charge in [0.15, 0.2) is 0 Å². The van der Waals surface area contributed by atoms with Crippen molar-refractivity contribution in [2.45, 2.75) is 0 Å². The number of nitro groups is 1. The average molecular weight is 221 g/mol. The van der Waals surface area contributed by atoms with Gasteiger partial charge in [-0.15, -0.1) is 0 Å². The van der Waals surface area contributed by atoms with Crippen molar-refractivity contribution in [3.63, 3.8) is 0 Å². The molecule has 2 aromatic rings. The van der Waals surface area contributed by atoms with Crippen molar-refractivity contribution >= 4 is 16.3 Å². The van der Waals surface area contributed by atoms with Gasteiger partial charge in [-0.2, -0.15) is 5.26 Å². The molecule has 0 amide bonds. The Balaban J connectivity index is 2.67. The van der Waals surface area contributed by atoms with Gasteiger partial charge in [0.05, 0.1) is 16.7 Å². The van der Waals surface area contributed by atoms with E-state index in [2.05, 4.69) is 4.98 Å². The average Bonchev–Trinajstić information content (AvgIpc) is 2.85. The molecule has 15 heavy (non-hydrogen) atoms. The SMILES string of the molecule is N#Cc1csc([N+](=O)[O-])c1-c1ncco1. The van der Waals surface area contributed by atoms with Gasteiger partial charge in [0, 0.05) is 5.38 Å². The molecule has 0 aliphatic rings. The molecule has 0 bridgehead atoms. The molecule has 6 nitrogen and oxygen atoms in total. The highest BCUT2D eigenvalue weighted by Crippen LogP contribution is 2.37. The van der Waals surface area contributed by atoms with E-state index in [9.17, 15) is 10.1 Å².